The summed E-state index contributed by atoms with van der Waals surface area (Å²) in [4.78, 5) is 16.4. The smallest absolute Gasteiger partial charge is 0.288 e. The fourth-order valence-electron chi connectivity index (χ4n) is 2.26. The van der Waals surface area contributed by atoms with Crippen molar-refractivity contribution in [1.29, 1.82) is 0 Å². The Hall–Kier alpha value is -2.24. The summed E-state index contributed by atoms with van der Waals surface area (Å²) in [6.07, 6.45) is 3.53. The highest BCUT2D eigenvalue weighted by atomic mass is 35.5. The number of carbonyl (C=O) groups is 1. The number of thioether (sulfide) groups is 1. The molecular weight excluding hydrogens is 330 g/mol. The summed E-state index contributed by atoms with van der Waals surface area (Å²) in [6, 6.07) is 15.0. The van der Waals surface area contributed by atoms with E-state index in [-0.39, 0.29) is 5.91 Å². The molecule has 0 radical (unpaired) electrons. The molecule has 0 fully saturated rings. The summed E-state index contributed by atoms with van der Waals surface area (Å²) in [5.41, 5.74) is 4.86. The van der Waals surface area contributed by atoms with Crippen LogP contribution in [0.5, 0.6) is 0 Å². The van der Waals surface area contributed by atoms with E-state index in [9.17, 15) is 4.79 Å². The number of nitrogens with one attached hydrogen (secondary N) is 2. The Morgan fingerprint density at radius 1 is 1.22 bits per heavy atom. The van der Waals surface area contributed by atoms with Crippen LogP contribution in [-0.4, -0.2) is 23.4 Å². The fourth-order valence-corrected chi connectivity index (χ4v) is 3.13. The fraction of sp³-hybridized carbons (Fsp3) is 0.0588. The standard InChI is InChI=1S/C17H14ClN3OS/c1-23-16-13-4-2-3-5-14(13)20-15(16)17(22)21-19-10-11-6-8-12(18)9-7-11/h2-10,20H,1H3,(H,21,22). The maximum atomic E-state index is 12.3. The van der Waals surface area contributed by atoms with E-state index >= 15 is 0 Å². The van der Waals surface area contributed by atoms with Gasteiger partial charge in [0.25, 0.3) is 5.91 Å². The Balaban J connectivity index is 1.79. The van der Waals surface area contributed by atoms with Crippen molar-refractivity contribution in [1.82, 2.24) is 10.4 Å². The van der Waals surface area contributed by atoms with Crippen molar-refractivity contribution in [2.24, 2.45) is 5.10 Å². The third-order valence-electron chi connectivity index (χ3n) is 3.34. The van der Waals surface area contributed by atoms with Crippen LogP contribution in [0.15, 0.2) is 58.5 Å². The first kappa shape index (κ1) is 15.6. The minimum Gasteiger partial charge on any atom is -0.350 e. The largest absolute Gasteiger partial charge is 0.350 e. The molecule has 0 aliphatic carbocycles. The normalized spacial score (nSPS) is 11.2. The molecule has 1 aromatic heterocycles. The second-order valence-corrected chi connectivity index (χ2v) is 6.08. The predicted molar refractivity (Wildman–Crippen MR) is 96.6 cm³/mol. The zero-order valence-electron chi connectivity index (χ0n) is 12.3. The Morgan fingerprint density at radius 3 is 2.70 bits per heavy atom. The number of hydrogen-bond donors (Lipinski definition) is 2. The van der Waals surface area contributed by atoms with Crippen LogP contribution in [0.3, 0.4) is 0 Å². The van der Waals surface area contributed by atoms with E-state index in [0.29, 0.717) is 10.7 Å². The number of carbonyl (C=O) groups excluding carboxylic acids is 1. The molecule has 2 N–H and O–H groups in total. The quantitative estimate of drug-likeness (QED) is 0.421. The number of benzene rings is 2. The highest BCUT2D eigenvalue weighted by molar-refractivity contribution is 7.99. The molecule has 4 nitrogen and oxygen atoms in total. The maximum Gasteiger partial charge on any atom is 0.288 e. The SMILES string of the molecule is CSc1c(C(=O)NN=Cc2ccc(Cl)cc2)[nH]c2ccccc12. The summed E-state index contributed by atoms with van der Waals surface area (Å²) in [6.45, 7) is 0. The number of hydrazone groups is 1. The first-order valence-corrected chi connectivity index (χ1v) is 8.53. The van der Waals surface area contributed by atoms with Crippen LogP contribution in [0, 0.1) is 0 Å². The third kappa shape index (κ3) is 3.41. The number of aromatic nitrogens is 1. The third-order valence-corrected chi connectivity index (χ3v) is 4.42. The molecule has 0 bridgehead atoms. The van der Waals surface area contributed by atoms with Crippen LogP contribution < -0.4 is 5.43 Å². The summed E-state index contributed by atoms with van der Waals surface area (Å²) in [5.74, 6) is -0.268. The van der Waals surface area contributed by atoms with Gasteiger partial charge in [-0.15, -0.1) is 11.8 Å². The van der Waals surface area contributed by atoms with E-state index in [1.165, 1.54) is 11.8 Å². The number of H-pyrrole nitrogens is 1. The number of hydrogen-bond acceptors (Lipinski definition) is 3. The Morgan fingerprint density at radius 2 is 1.96 bits per heavy atom. The number of nitrogens with zero attached hydrogens (tertiary/aromatic N) is 1. The van der Waals surface area contributed by atoms with E-state index in [1.54, 1.807) is 18.3 Å². The van der Waals surface area contributed by atoms with Crippen molar-refractivity contribution in [2.45, 2.75) is 4.90 Å². The van der Waals surface area contributed by atoms with Gasteiger partial charge in [0.1, 0.15) is 5.69 Å². The first-order chi connectivity index (χ1) is 11.2. The Kier molecular flexibility index (Phi) is 4.69. The molecule has 0 atom stereocenters. The van der Waals surface area contributed by atoms with E-state index in [4.69, 9.17) is 11.6 Å². The minimum absolute atomic E-state index is 0.268. The molecule has 2 aromatic carbocycles. The van der Waals surface area contributed by atoms with Crippen molar-refractivity contribution >= 4 is 46.4 Å². The van der Waals surface area contributed by atoms with E-state index < -0.39 is 0 Å². The molecule has 3 rings (SSSR count). The first-order valence-electron chi connectivity index (χ1n) is 6.92. The topological polar surface area (TPSA) is 57.2 Å². The monoisotopic (exact) mass is 343 g/mol. The molecule has 23 heavy (non-hydrogen) atoms. The molecule has 1 amide bonds. The van der Waals surface area contributed by atoms with Crippen molar-refractivity contribution < 1.29 is 4.79 Å². The lowest BCUT2D eigenvalue weighted by Gasteiger charge is -2.00. The van der Waals surface area contributed by atoms with Gasteiger partial charge in [-0.1, -0.05) is 41.9 Å². The summed E-state index contributed by atoms with van der Waals surface area (Å²) < 4.78 is 0. The van der Waals surface area contributed by atoms with Gasteiger partial charge in [-0.05, 0) is 30.0 Å². The number of aromatic amines is 1. The van der Waals surface area contributed by atoms with E-state index in [2.05, 4.69) is 15.5 Å². The number of rotatable bonds is 4. The highest BCUT2D eigenvalue weighted by Crippen LogP contribution is 2.30. The van der Waals surface area contributed by atoms with E-state index in [0.717, 1.165) is 21.4 Å². The second kappa shape index (κ2) is 6.89. The van der Waals surface area contributed by atoms with Crippen LogP contribution in [0.25, 0.3) is 10.9 Å². The molecule has 0 aliphatic heterocycles. The maximum absolute atomic E-state index is 12.3. The number of halogens is 1. The Bertz CT molecular complexity index is 871. The lowest BCUT2D eigenvalue weighted by atomic mass is 10.2. The van der Waals surface area contributed by atoms with Crippen LogP contribution >= 0.6 is 23.4 Å². The van der Waals surface area contributed by atoms with Gasteiger partial charge in [0.05, 0.1) is 6.21 Å². The molecule has 0 unspecified atom stereocenters. The molecule has 0 saturated heterocycles. The van der Waals surface area contributed by atoms with Gasteiger partial charge in [0.2, 0.25) is 0 Å². The molecule has 0 saturated carbocycles. The second-order valence-electron chi connectivity index (χ2n) is 4.83. The lowest BCUT2D eigenvalue weighted by molar-refractivity contribution is 0.0948. The van der Waals surface area contributed by atoms with Crippen LogP contribution in [0.4, 0.5) is 0 Å². The van der Waals surface area contributed by atoms with Gasteiger partial charge in [-0.3, -0.25) is 4.79 Å². The predicted octanol–water partition coefficient (Wildman–Crippen LogP) is 4.31. The zero-order chi connectivity index (χ0) is 16.2. The number of amides is 1. The molecule has 0 aliphatic rings. The number of para-hydroxylation sites is 1. The van der Waals surface area contributed by atoms with Crippen LogP contribution in [-0.2, 0) is 0 Å². The summed E-state index contributed by atoms with van der Waals surface area (Å²) >= 11 is 7.36. The number of fused-ring (bicyclic) bond motifs is 1. The van der Waals surface area contributed by atoms with Crippen molar-refractivity contribution in [3.63, 3.8) is 0 Å². The highest BCUT2D eigenvalue weighted by Gasteiger charge is 2.16. The average Bonchev–Trinajstić information content (AvgIpc) is 2.95. The van der Waals surface area contributed by atoms with E-state index in [1.807, 2.05) is 42.7 Å². The van der Waals surface area contributed by atoms with Gasteiger partial charge in [-0.25, -0.2) is 5.43 Å². The molecular formula is C17H14ClN3OS. The zero-order valence-corrected chi connectivity index (χ0v) is 13.9. The van der Waals surface area contributed by atoms with Gasteiger partial charge in [0, 0.05) is 20.8 Å². The molecule has 6 heteroatoms. The van der Waals surface area contributed by atoms with Crippen LogP contribution in [0.2, 0.25) is 5.02 Å². The van der Waals surface area contributed by atoms with Crippen LogP contribution in [0.1, 0.15) is 16.1 Å². The van der Waals surface area contributed by atoms with Crippen molar-refractivity contribution in [2.75, 3.05) is 6.26 Å². The van der Waals surface area contributed by atoms with Gasteiger partial charge >= 0.3 is 0 Å². The van der Waals surface area contributed by atoms with Crippen molar-refractivity contribution in [3.05, 3.63) is 64.8 Å². The molecule has 1 heterocycles. The van der Waals surface area contributed by atoms with Gasteiger partial charge in [-0.2, -0.15) is 5.10 Å². The average molecular weight is 344 g/mol. The summed E-state index contributed by atoms with van der Waals surface area (Å²) in [7, 11) is 0. The molecule has 0 spiro atoms. The summed E-state index contributed by atoms with van der Waals surface area (Å²) in [5, 5.41) is 5.69. The van der Waals surface area contributed by atoms with Gasteiger partial charge in [0.15, 0.2) is 0 Å². The molecule has 3 aromatic rings. The van der Waals surface area contributed by atoms with Crippen molar-refractivity contribution in [3.8, 4) is 0 Å². The lowest BCUT2D eigenvalue weighted by Crippen LogP contribution is -2.18. The van der Waals surface area contributed by atoms with Gasteiger partial charge < -0.3 is 4.98 Å². The Labute approximate surface area is 142 Å². The molecule has 116 valence electrons. The minimum atomic E-state index is -0.268.